The molecule has 140 valence electrons. The van der Waals surface area contributed by atoms with Crippen molar-refractivity contribution in [2.24, 2.45) is 5.92 Å². The zero-order valence-electron chi connectivity index (χ0n) is 15.8. The fourth-order valence-corrected chi connectivity index (χ4v) is 4.99. The lowest BCUT2D eigenvalue weighted by atomic mass is 9.88. The number of nitrogens with zero attached hydrogens (tertiary/aromatic N) is 3. The summed E-state index contributed by atoms with van der Waals surface area (Å²) >= 11 is 0. The molecule has 1 aromatic carbocycles. The smallest absolute Gasteiger partial charge is 0.112 e. The van der Waals surface area contributed by atoms with Crippen LogP contribution in [0.5, 0.6) is 0 Å². The Morgan fingerprint density at radius 3 is 2.78 bits per heavy atom. The van der Waals surface area contributed by atoms with Crippen LogP contribution in [0.15, 0.2) is 48.9 Å². The summed E-state index contributed by atoms with van der Waals surface area (Å²) in [6, 6.07) is 11.0. The minimum atomic E-state index is 0.386. The van der Waals surface area contributed by atoms with Gasteiger partial charge >= 0.3 is 0 Å². The molecule has 2 aromatic heterocycles. The van der Waals surface area contributed by atoms with Crippen molar-refractivity contribution >= 4 is 10.9 Å². The Kier molecular flexibility index (Phi) is 4.66. The van der Waals surface area contributed by atoms with Crippen LogP contribution in [0, 0.1) is 5.92 Å². The average Bonchev–Trinajstić information content (AvgIpc) is 3.38. The fourth-order valence-electron chi connectivity index (χ4n) is 4.99. The van der Waals surface area contributed by atoms with Gasteiger partial charge in [0.1, 0.15) is 5.82 Å². The third-order valence-corrected chi connectivity index (χ3v) is 6.41. The summed E-state index contributed by atoms with van der Waals surface area (Å²) in [5, 5.41) is 1.27. The number of ether oxygens (including phenoxy) is 1. The summed E-state index contributed by atoms with van der Waals surface area (Å²) in [5.41, 5.74) is 2.46. The molecular weight excluding hydrogens is 334 g/mol. The van der Waals surface area contributed by atoms with Crippen molar-refractivity contribution in [3.63, 3.8) is 0 Å². The van der Waals surface area contributed by atoms with Crippen molar-refractivity contribution in [3.8, 4) is 0 Å². The molecule has 4 heteroatoms. The maximum atomic E-state index is 5.96. The van der Waals surface area contributed by atoms with Crippen molar-refractivity contribution in [1.82, 2.24) is 14.5 Å². The molecule has 27 heavy (non-hydrogen) atoms. The lowest BCUT2D eigenvalue weighted by Gasteiger charge is -2.27. The van der Waals surface area contributed by atoms with Gasteiger partial charge in [-0.1, -0.05) is 37.5 Å². The average molecular weight is 361 g/mol. The van der Waals surface area contributed by atoms with Crippen LogP contribution in [0.1, 0.15) is 55.5 Å². The Bertz CT molecular complexity index is 907. The molecule has 0 amide bonds. The molecule has 4 nitrogen and oxygen atoms in total. The minimum absolute atomic E-state index is 0.386. The second kappa shape index (κ2) is 7.43. The normalized spacial score (nSPS) is 23.9. The molecule has 0 unspecified atom stereocenters. The van der Waals surface area contributed by atoms with Gasteiger partial charge in [-0.3, -0.25) is 4.98 Å². The Labute approximate surface area is 160 Å². The van der Waals surface area contributed by atoms with Gasteiger partial charge in [-0.15, -0.1) is 0 Å². The van der Waals surface area contributed by atoms with Gasteiger partial charge in [0.05, 0.1) is 24.8 Å². The van der Waals surface area contributed by atoms with Crippen molar-refractivity contribution in [1.29, 1.82) is 0 Å². The highest BCUT2D eigenvalue weighted by Crippen LogP contribution is 2.37. The third-order valence-electron chi connectivity index (χ3n) is 6.41. The summed E-state index contributed by atoms with van der Waals surface area (Å²) < 4.78 is 8.40. The number of aromatic nitrogens is 3. The number of hydrogen-bond acceptors (Lipinski definition) is 3. The Morgan fingerprint density at radius 1 is 0.963 bits per heavy atom. The fraction of sp³-hybridized carbons (Fsp3) is 0.478. The van der Waals surface area contributed by atoms with Crippen molar-refractivity contribution in [3.05, 3.63) is 60.3 Å². The van der Waals surface area contributed by atoms with Crippen LogP contribution in [0.4, 0.5) is 0 Å². The second-order valence-electron chi connectivity index (χ2n) is 8.08. The van der Waals surface area contributed by atoms with Crippen LogP contribution >= 0.6 is 0 Å². The lowest BCUT2D eigenvalue weighted by Crippen LogP contribution is -2.23. The Hall–Kier alpha value is -2.20. The summed E-state index contributed by atoms with van der Waals surface area (Å²) in [4.78, 5) is 9.29. The minimum Gasteiger partial charge on any atom is -0.379 e. The summed E-state index contributed by atoms with van der Waals surface area (Å²) in [5.74, 6) is 2.39. The third kappa shape index (κ3) is 3.27. The summed E-state index contributed by atoms with van der Waals surface area (Å²) in [6.07, 6.45) is 13.7. The Morgan fingerprint density at radius 2 is 1.85 bits per heavy atom. The maximum Gasteiger partial charge on any atom is 0.112 e. The van der Waals surface area contributed by atoms with E-state index < -0.39 is 0 Å². The van der Waals surface area contributed by atoms with Crippen LogP contribution in [0.2, 0.25) is 0 Å². The molecule has 0 bridgehead atoms. The largest absolute Gasteiger partial charge is 0.379 e. The quantitative estimate of drug-likeness (QED) is 0.663. The van der Waals surface area contributed by atoms with Gasteiger partial charge in [0.2, 0.25) is 0 Å². The first-order chi connectivity index (χ1) is 13.4. The molecule has 0 N–H and O–H groups in total. The highest BCUT2D eigenvalue weighted by molar-refractivity contribution is 5.81. The van der Waals surface area contributed by atoms with E-state index in [1.807, 2.05) is 12.4 Å². The van der Waals surface area contributed by atoms with Gasteiger partial charge in [0.25, 0.3) is 0 Å². The van der Waals surface area contributed by atoms with Crippen LogP contribution in [-0.2, 0) is 11.2 Å². The van der Waals surface area contributed by atoms with Gasteiger partial charge in [0.15, 0.2) is 0 Å². The number of pyridine rings is 1. The van der Waals surface area contributed by atoms with E-state index in [1.165, 1.54) is 48.9 Å². The van der Waals surface area contributed by atoms with Gasteiger partial charge in [-0.2, -0.15) is 0 Å². The van der Waals surface area contributed by atoms with Crippen LogP contribution in [-0.4, -0.2) is 27.7 Å². The Balaban J connectivity index is 1.42. The van der Waals surface area contributed by atoms with Crippen LogP contribution < -0.4 is 0 Å². The number of imidazole rings is 1. The van der Waals surface area contributed by atoms with E-state index in [0.29, 0.717) is 17.9 Å². The predicted molar refractivity (Wildman–Crippen MR) is 107 cm³/mol. The number of rotatable bonds is 4. The molecule has 1 aliphatic carbocycles. The number of hydrogen-bond donors (Lipinski definition) is 0. The lowest BCUT2D eigenvalue weighted by molar-refractivity contribution is 0.180. The van der Waals surface area contributed by atoms with E-state index in [4.69, 9.17) is 9.72 Å². The van der Waals surface area contributed by atoms with E-state index >= 15 is 0 Å². The van der Waals surface area contributed by atoms with E-state index in [-0.39, 0.29) is 0 Å². The number of fused-ring (bicyclic) bond motifs is 1. The monoisotopic (exact) mass is 361 g/mol. The highest BCUT2D eigenvalue weighted by atomic mass is 16.5. The SMILES string of the molecule is c1ccc2c(C[C@@H]3COC[C@H]3n3ccnc3C3CCCCC3)ccnc2c1. The van der Waals surface area contributed by atoms with Crippen molar-refractivity contribution in [2.45, 2.75) is 50.5 Å². The zero-order valence-corrected chi connectivity index (χ0v) is 15.8. The molecule has 5 rings (SSSR count). The standard InChI is InChI=1S/C23H27N3O/c1-2-6-17(7-3-1)23-25-12-13-26(23)22-16-27-15-19(22)14-18-10-11-24-21-9-5-4-8-20(18)21/h4-5,8-13,17,19,22H,1-3,6-7,14-16H2/t19-,22-/m1/s1. The number of benzene rings is 1. The predicted octanol–water partition coefficient (Wildman–Crippen LogP) is 4.91. The molecular formula is C23H27N3O. The molecule has 0 spiro atoms. The van der Waals surface area contributed by atoms with E-state index in [2.05, 4.69) is 46.1 Å². The molecule has 2 atom stereocenters. The van der Waals surface area contributed by atoms with Crippen molar-refractivity contribution < 1.29 is 4.74 Å². The molecule has 0 radical (unpaired) electrons. The summed E-state index contributed by atoms with van der Waals surface area (Å²) in [7, 11) is 0. The first kappa shape index (κ1) is 16.9. The van der Waals surface area contributed by atoms with Gasteiger partial charge in [-0.25, -0.2) is 4.98 Å². The molecule has 3 aromatic rings. The first-order valence-corrected chi connectivity index (χ1v) is 10.3. The maximum absolute atomic E-state index is 5.96. The molecule has 1 saturated heterocycles. The topological polar surface area (TPSA) is 39.9 Å². The van der Waals surface area contributed by atoms with E-state index in [0.717, 1.165) is 25.2 Å². The second-order valence-corrected chi connectivity index (χ2v) is 8.08. The highest BCUT2D eigenvalue weighted by Gasteiger charge is 2.33. The van der Waals surface area contributed by atoms with Crippen molar-refractivity contribution in [2.75, 3.05) is 13.2 Å². The first-order valence-electron chi connectivity index (χ1n) is 10.3. The molecule has 1 saturated carbocycles. The molecule has 2 fully saturated rings. The van der Waals surface area contributed by atoms with Gasteiger partial charge < -0.3 is 9.30 Å². The van der Waals surface area contributed by atoms with Crippen LogP contribution in [0.25, 0.3) is 10.9 Å². The van der Waals surface area contributed by atoms with Gasteiger partial charge in [-0.05, 0) is 37.0 Å². The molecule has 2 aliphatic rings. The molecule has 3 heterocycles. The number of para-hydroxylation sites is 1. The zero-order chi connectivity index (χ0) is 18.1. The van der Waals surface area contributed by atoms with Crippen LogP contribution in [0.3, 0.4) is 0 Å². The molecule has 1 aliphatic heterocycles. The van der Waals surface area contributed by atoms with E-state index in [1.54, 1.807) is 0 Å². The van der Waals surface area contributed by atoms with E-state index in [9.17, 15) is 0 Å². The summed E-state index contributed by atoms with van der Waals surface area (Å²) in [6.45, 7) is 1.62. The van der Waals surface area contributed by atoms with Gasteiger partial charge in [0, 0.05) is 35.8 Å².